The van der Waals surface area contributed by atoms with Crippen LogP contribution in [0.3, 0.4) is 0 Å². The molecule has 112 valence electrons. The highest BCUT2D eigenvalue weighted by atomic mass is 16.7. The van der Waals surface area contributed by atoms with Gasteiger partial charge in [-0.1, -0.05) is 51.9 Å². The van der Waals surface area contributed by atoms with Crippen molar-refractivity contribution in [3.05, 3.63) is 16.4 Å². The topological polar surface area (TPSA) is 97.5 Å². The number of oxime groups is 1. The number of carbonyl (C=O) groups is 1. The largest absolute Gasteiger partial charge is 0.438 e. The molecule has 2 heterocycles. The second kappa shape index (κ2) is 5.60. The van der Waals surface area contributed by atoms with Crippen molar-refractivity contribution in [2.45, 2.75) is 53.4 Å². The number of nitrogens with zero attached hydrogens (tertiary/aromatic N) is 2. The number of nitrogens with one attached hydrogen (secondary N) is 1. The van der Waals surface area contributed by atoms with E-state index in [-0.39, 0.29) is 16.8 Å². The summed E-state index contributed by atoms with van der Waals surface area (Å²) in [5.74, 6) is -0.160. The molecule has 1 aliphatic rings. The molecule has 0 aromatic carbocycles. The average Bonchev–Trinajstić information content (AvgIpc) is 2.85. The number of hydrogen-bond acceptors (Lipinski definition) is 6. The predicted octanol–water partition coefficient (Wildman–Crippen LogP) is 2.00. The quantitative estimate of drug-likeness (QED) is 0.734. The van der Waals surface area contributed by atoms with E-state index in [1.165, 1.54) is 0 Å². The van der Waals surface area contributed by atoms with E-state index in [2.05, 4.69) is 24.7 Å². The van der Waals surface area contributed by atoms with E-state index in [0.29, 0.717) is 12.2 Å². The molecule has 0 saturated carbocycles. The van der Waals surface area contributed by atoms with Crippen molar-refractivity contribution in [1.82, 2.24) is 10.1 Å². The Morgan fingerprint density at radius 2 is 1.65 bits per heavy atom. The first-order valence-electron chi connectivity index (χ1n) is 6.34. The molecule has 0 atom stereocenters. The number of H-pyrrole nitrogens is 1. The molecule has 1 aromatic heterocycles. The Labute approximate surface area is 117 Å². The first-order valence-corrected chi connectivity index (χ1v) is 6.34. The van der Waals surface area contributed by atoms with Crippen LogP contribution in [-0.4, -0.2) is 21.8 Å². The van der Waals surface area contributed by atoms with Crippen LogP contribution in [0.2, 0.25) is 0 Å². The van der Waals surface area contributed by atoms with Crippen LogP contribution in [0.4, 0.5) is 0 Å². The van der Waals surface area contributed by atoms with Crippen LogP contribution in [0.1, 0.15) is 53.8 Å². The predicted molar refractivity (Wildman–Crippen MR) is 73.4 cm³/mol. The third-order valence-electron chi connectivity index (χ3n) is 2.59. The van der Waals surface area contributed by atoms with Gasteiger partial charge in [-0.05, 0) is 0 Å². The Morgan fingerprint density at radius 3 is 1.85 bits per heavy atom. The maximum absolute atomic E-state index is 10.6. The minimum absolute atomic E-state index is 0.0356. The first kappa shape index (κ1) is 16.1. The van der Waals surface area contributed by atoms with Gasteiger partial charge in [0.2, 0.25) is 0 Å². The lowest BCUT2D eigenvalue weighted by Gasteiger charge is -2.14. The highest BCUT2D eigenvalue weighted by molar-refractivity contribution is 6.04. The minimum atomic E-state index is -0.495. The van der Waals surface area contributed by atoms with E-state index in [1.54, 1.807) is 0 Å². The van der Waals surface area contributed by atoms with Gasteiger partial charge < -0.3 is 4.84 Å². The Morgan fingerprint density at radius 1 is 1.05 bits per heavy atom. The van der Waals surface area contributed by atoms with Crippen molar-refractivity contribution in [3.63, 3.8) is 0 Å². The summed E-state index contributed by atoms with van der Waals surface area (Å²) in [6.45, 7) is 11.9. The molecule has 0 unspecified atom stereocenters. The van der Waals surface area contributed by atoms with Crippen molar-refractivity contribution in [1.29, 1.82) is 0 Å². The molecular formula is C13H21N3O4. The van der Waals surface area contributed by atoms with Crippen molar-refractivity contribution >= 4 is 11.7 Å². The van der Waals surface area contributed by atoms with Gasteiger partial charge in [-0.15, -0.1) is 0 Å². The third kappa shape index (κ3) is 4.64. The third-order valence-corrected chi connectivity index (χ3v) is 2.59. The lowest BCUT2D eigenvalue weighted by atomic mass is 9.88. The number of aromatic amines is 1. The molecule has 1 aliphatic heterocycles. The van der Waals surface area contributed by atoms with Crippen LogP contribution in [0, 0.1) is 5.41 Å². The van der Waals surface area contributed by atoms with E-state index in [0.717, 1.165) is 5.71 Å². The Balaban J connectivity index is 0.000000200. The van der Waals surface area contributed by atoms with Crippen LogP contribution in [0.25, 0.3) is 0 Å². The van der Waals surface area contributed by atoms with Gasteiger partial charge in [-0.25, -0.2) is 9.59 Å². The summed E-state index contributed by atoms with van der Waals surface area (Å²) < 4.78 is 4.33. The van der Waals surface area contributed by atoms with Gasteiger partial charge in [0.15, 0.2) is 5.82 Å². The van der Waals surface area contributed by atoms with Gasteiger partial charge in [0, 0.05) is 10.8 Å². The van der Waals surface area contributed by atoms with E-state index in [1.807, 2.05) is 41.5 Å². The second-order valence-corrected chi connectivity index (χ2v) is 6.62. The molecule has 0 amide bonds. The van der Waals surface area contributed by atoms with E-state index in [4.69, 9.17) is 0 Å². The van der Waals surface area contributed by atoms with Crippen molar-refractivity contribution in [2.24, 2.45) is 10.6 Å². The van der Waals surface area contributed by atoms with Crippen LogP contribution in [0.15, 0.2) is 14.5 Å². The standard InChI is InChI=1S/C7H11NO2.C6H10N2O2/c1-7(2,3)5-4-6(9)10-8-5;1-6(2,3)4-7-5(9)10-8-4/h4H2,1-3H3;1-3H3,(H,7,8,9). The fourth-order valence-electron chi connectivity index (χ4n) is 1.26. The number of aromatic nitrogens is 2. The molecule has 0 spiro atoms. The molecule has 0 saturated heterocycles. The summed E-state index contributed by atoms with van der Waals surface area (Å²) in [6, 6.07) is 0. The van der Waals surface area contributed by atoms with Crippen LogP contribution >= 0.6 is 0 Å². The van der Waals surface area contributed by atoms with E-state index in [9.17, 15) is 9.59 Å². The van der Waals surface area contributed by atoms with Gasteiger partial charge >= 0.3 is 11.7 Å². The average molecular weight is 283 g/mol. The molecular weight excluding hydrogens is 262 g/mol. The first-order chi connectivity index (χ1) is 9.00. The van der Waals surface area contributed by atoms with E-state index < -0.39 is 5.76 Å². The van der Waals surface area contributed by atoms with Crippen LogP contribution in [0.5, 0.6) is 0 Å². The highest BCUT2D eigenvalue weighted by Gasteiger charge is 2.27. The highest BCUT2D eigenvalue weighted by Crippen LogP contribution is 2.22. The SMILES string of the molecule is CC(C)(C)C1=NOC(=O)C1.CC(C)(C)c1noc(=O)[nH]1. The summed E-state index contributed by atoms with van der Waals surface area (Å²) in [5, 5.41) is 7.20. The van der Waals surface area contributed by atoms with Crippen LogP contribution in [-0.2, 0) is 15.0 Å². The zero-order valence-electron chi connectivity index (χ0n) is 12.7. The summed E-state index contributed by atoms with van der Waals surface area (Å²) >= 11 is 0. The molecule has 2 rings (SSSR count). The Bertz CT molecular complexity index is 555. The number of hydrogen-bond donors (Lipinski definition) is 1. The lowest BCUT2D eigenvalue weighted by Crippen LogP contribution is -2.18. The summed E-state index contributed by atoms with van der Waals surface area (Å²) in [5.41, 5.74) is 0.649. The van der Waals surface area contributed by atoms with E-state index >= 15 is 0 Å². The van der Waals surface area contributed by atoms with Gasteiger partial charge in [-0.2, -0.15) is 0 Å². The molecule has 0 aliphatic carbocycles. The lowest BCUT2D eigenvalue weighted by molar-refractivity contribution is -0.140. The van der Waals surface area contributed by atoms with Crippen LogP contribution < -0.4 is 5.76 Å². The molecule has 7 heteroatoms. The molecule has 7 nitrogen and oxygen atoms in total. The fraction of sp³-hybridized carbons (Fsp3) is 0.692. The molecule has 0 bridgehead atoms. The zero-order chi connectivity index (χ0) is 15.6. The van der Waals surface area contributed by atoms with Crippen molar-refractivity contribution in [2.75, 3.05) is 0 Å². The molecule has 0 radical (unpaired) electrons. The summed E-state index contributed by atoms with van der Waals surface area (Å²) in [4.78, 5) is 27.9. The number of carbonyl (C=O) groups excluding carboxylic acids is 1. The Hall–Kier alpha value is -1.92. The van der Waals surface area contributed by atoms with Crippen molar-refractivity contribution in [3.8, 4) is 0 Å². The second-order valence-electron chi connectivity index (χ2n) is 6.62. The maximum Gasteiger partial charge on any atom is 0.438 e. The van der Waals surface area contributed by atoms with Gasteiger partial charge in [0.1, 0.15) is 0 Å². The number of rotatable bonds is 0. The van der Waals surface area contributed by atoms with Gasteiger partial charge in [0.05, 0.1) is 12.1 Å². The normalized spacial score (nSPS) is 15.3. The monoisotopic (exact) mass is 283 g/mol. The molecule has 20 heavy (non-hydrogen) atoms. The van der Waals surface area contributed by atoms with Crippen molar-refractivity contribution < 1.29 is 14.2 Å². The van der Waals surface area contributed by atoms with Gasteiger partial charge in [0.25, 0.3) is 0 Å². The maximum atomic E-state index is 10.6. The summed E-state index contributed by atoms with van der Waals surface area (Å²) in [6.07, 6.45) is 0.351. The van der Waals surface area contributed by atoms with Gasteiger partial charge in [-0.3, -0.25) is 9.51 Å². The fourth-order valence-corrected chi connectivity index (χ4v) is 1.26. The summed E-state index contributed by atoms with van der Waals surface area (Å²) in [7, 11) is 0. The zero-order valence-corrected chi connectivity index (χ0v) is 12.7. The minimum Gasteiger partial charge on any atom is -0.318 e. The molecule has 0 fully saturated rings. The molecule has 1 aromatic rings. The Kier molecular flexibility index (Phi) is 4.52. The molecule has 1 N–H and O–H groups in total. The smallest absolute Gasteiger partial charge is 0.318 e.